The van der Waals surface area contributed by atoms with E-state index in [1.54, 1.807) is 0 Å². The summed E-state index contributed by atoms with van der Waals surface area (Å²) in [6.07, 6.45) is 4.58. The maximum absolute atomic E-state index is 6.35. The number of pyridine rings is 1. The van der Waals surface area contributed by atoms with Gasteiger partial charge in [-0.25, -0.2) is 4.98 Å². The smallest absolute Gasteiger partial charge is 0.147 e. The molecule has 1 aliphatic carbocycles. The zero-order valence-corrected chi connectivity index (χ0v) is 11.9. The van der Waals surface area contributed by atoms with Gasteiger partial charge in [-0.2, -0.15) is 11.8 Å². The molecule has 1 aromatic rings. The summed E-state index contributed by atoms with van der Waals surface area (Å²) in [6.45, 7) is 2.99. The second-order valence-electron chi connectivity index (χ2n) is 4.90. The van der Waals surface area contributed by atoms with Gasteiger partial charge >= 0.3 is 0 Å². The molecule has 0 unspecified atom stereocenters. The average molecular weight is 284 g/mol. The zero-order chi connectivity index (χ0) is 12.4. The molecule has 0 atom stereocenters. The van der Waals surface area contributed by atoms with Crippen molar-refractivity contribution in [3.05, 3.63) is 22.8 Å². The fraction of sp³-hybridized carbons (Fsp3) is 0.615. The SMILES string of the molecule is Clc1cc(CNC2CC2)cnc1N1CCSCC1. The number of rotatable bonds is 4. The van der Waals surface area contributed by atoms with E-state index < -0.39 is 0 Å². The third-order valence-electron chi connectivity index (χ3n) is 3.36. The Morgan fingerprint density at radius 2 is 2.17 bits per heavy atom. The lowest BCUT2D eigenvalue weighted by Gasteiger charge is -2.28. The second-order valence-corrected chi connectivity index (χ2v) is 6.54. The lowest BCUT2D eigenvalue weighted by molar-refractivity contribution is 0.685. The Bertz CT molecular complexity index is 417. The van der Waals surface area contributed by atoms with Gasteiger partial charge in [-0.1, -0.05) is 11.6 Å². The molecule has 98 valence electrons. The molecule has 0 aromatic carbocycles. The molecule has 1 saturated heterocycles. The van der Waals surface area contributed by atoms with Crippen molar-refractivity contribution in [3.8, 4) is 0 Å². The van der Waals surface area contributed by atoms with Gasteiger partial charge in [0.1, 0.15) is 5.82 Å². The lowest BCUT2D eigenvalue weighted by Crippen LogP contribution is -2.33. The topological polar surface area (TPSA) is 28.2 Å². The Balaban J connectivity index is 1.66. The van der Waals surface area contributed by atoms with E-state index in [0.29, 0.717) is 0 Å². The molecule has 1 saturated carbocycles. The molecule has 2 aliphatic rings. The van der Waals surface area contributed by atoms with Gasteiger partial charge in [0.15, 0.2) is 0 Å². The largest absolute Gasteiger partial charge is 0.354 e. The van der Waals surface area contributed by atoms with Crippen LogP contribution in [-0.2, 0) is 6.54 Å². The number of nitrogens with one attached hydrogen (secondary N) is 1. The van der Waals surface area contributed by atoms with Crippen LogP contribution in [0.2, 0.25) is 5.02 Å². The van der Waals surface area contributed by atoms with Gasteiger partial charge in [0.25, 0.3) is 0 Å². The maximum Gasteiger partial charge on any atom is 0.147 e. The molecule has 5 heteroatoms. The highest BCUT2D eigenvalue weighted by atomic mass is 35.5. The maximum atomic E-state index is 6.35. The Morgan fingerprint density at radius 3 is 2.83 bits per heavy atom. The lowest BCUT2D eigenvalue weighted by atomic mass is 10.2. The van der Waals surface area contributed by atoms with Crippen LogP contribution in [0.5, 0.6) is 0 Å². The number of anilines is 1. The molecule has 3 nitrogen and oxygen atoms in total. The van der Waals surface area contributed by atoms with Gasteiger partial charge in [-0.05, 0) is 24.5 Å². The van der Waals surface area contributed by atoms with Crippen molar-refractivity contribution in [2.45, 2.75) is 25.4 Å². The molecule has 0 spiro atoms. The summed E-state index contributed by atoms with van der Waals surface area (Å²) in [6, 6.07) is 2.78. The van der Waals surface area contributed by atoms with Gasteiger partial charge < -0.3 is 10.2 Å². The van der Waals surface area contributed by atoms with Crippen LogP contribution in [0.3, 0.4) is 0 Å². The number of halogens is 1. The van der Waals surface area contributed by atoms with Crippen molar-refractivity contribution in [2.75, 3.05) is 29.5 Å². The standard InChI is InChI=1S/C13H18ClN3S/c14-12-7-10(8-15-11-1-2-11)9-16-13(12)17-3-5-18-6-4-17/h7,9,11,15H,1-6,8H2. The van der Waals surface area contributed by atoms with E-state index in [4.69, 9.17) is 11.6 Å². The number of thioether (sulfide) groups is 1. The van der Waals surface area contributed by atoms with Gasteiger partial charge in [-0.3, -0.25) is 0 Å². The van der Waals surface area contributed by atoms with E-state index in [0.717, 1.165) is 36.5 Å². The highest BCUT2D eigenvalue weighted by Gasteiger charge is 2.20. The quantitative estimate of drug-likeness (QED) is 0.919. The summed E-state index contributed by atoms with van der Waals surface area (Å²) in [7, 11) is 0. The molecule has 2 heterocycles. The van der Waals surface area contributed by atoms with Crippen molar-refractivity contribution >= 4 is 29.2 Å². The zero-order valence-electron chi connectivity index (χ0n) is 10.4. The predicted molar refractivity (Wildman–Crippen MR) is 78.6 cm³/mol. The number of nitrogens with zero attached hydrogens (tertiary/aromatic N) is 2. The minimum absolute atomic E-state index is 0.725. The molecule has 18 heavy (non-hydrogen) atoms. The van der Waals surface area contributed by atoms with Crippen LogP contribution in [0.25, 0.3) is 0 Å². The molecule has 0 amide bonds. The average Bonchev–Trinajstić information content (AvgIpc) is 3.21. The first-order valence-electron chi connectivity index (χ1n) is 6.53. The Hall–Kier alpha value is -0.450. The minimum Gasteiger partial charge on any atom is -0.354 e. The first kappa shape index (κ1) is 12.6. The first-order valence-corrected chi connectivity index (χ1v) is 8.07. The summed E-state index contributed by atoms with van der Waals surface area (Å²) in [5, 5.41) is 4.27. The Kier molecular flexibility index (Phi) is 3.97. The van der Waals surface area contributed by atoms with Crippen molar-refractivity contribution < 1.29 is 0 Å². The van der Waals surface area contributed by atoms with Crippen LogP contribution in [0.4, 0.5) is 5.82 Å². The molecular weight excluding hydrogens is 266 g/mol. The van der Waals surface area contributed by atoms with Gasteiger partial charge in [0.05, 0.1) is 5.02 Å². The van der Waals surface area contributed by atoms with Gasteiger partial charge in [-0.15, -0.1) is 0 Å². The first-order chi connectivity index (χ1) is 8.83. The Morgan fingerprint density at radius 1 is 1.39 bits per heavy atom. The third kappa shape index (κ3) is 3.11. The van der Waals surface area contributed by atoms with E-state index in [2.05, 4.69) is 21.3 Å². The van der Waals surface area contributed by atoms with E-state index in [-0.39, 0.29) is 0 Å². The number of hydrogen-bond donors (Lipinski definition) is 1. The predicted octanol–water partition coefficient (Wildman–Crippen LogP) is 2.54. The van der Waals surface area contributed by atoms with E-state index in [1.165, 1.54) is 29.9 Å². The molecule has 1 aromatic heterocycles. The number of hydrogen-bond acceptors (Lipinski definition) is 4. The van der Waals surface area contributed by atoms with Crippen LogP contribution < -0.4 is 10.2 Å². The van der Waals surface area contributed by atoms with Crippen LogP contribution >= 0.6 is 23.4 Å². The second kappa shape index (κ2) is 5.68. The summed E-state index contributed by atoms with van der Waals surface area (Å²) in [4.78, 5) is 6.83. The van der Waals surface area contributed by atoms with E-state index >= 15 is 0 Å². The van der Waals surface area contributed by atoms with Crippen molar-refractivity contribution in [1.29, 1.82) is 0 Å². The molecule has 1 aliphatic heterocycles. The molecular formula is C13H18ClN3S. The van der Waals surface area contributed by atoms with Crippen LogP contribution in [0.1, 0.15) is 18.4 Å². The third-order valence-corrected chi connectivity index (χ3v) is 4.58. The molecule has 0 radical (unpaired) electrons. The monoisotopic (exact) mass is 283 g/mol. The fourth-order valence-electron chi connectivity index (χ4n) is 2.12. The number of aromatic nitrogens is 1. The molecule has 2 fully saturated rings. The molecule has 3 rings (SSSR count). The highest BCUT2D eigenvalue weighted by molar-refractivity contribution is 7.99. The normalized spacial score (nSPS) is 20.2. The summed E-state index contributed by atoms with van der Waals surface area (Å²) in [5.74, 6) is 3.29. The minimum atomic E-state index is 0.725. The van der Waals surface area contributed by atoms with Crippen LogP contribution in [0, 0.1) is 0 Å². The van der Waals surface area contributed by atoms with Gasteiger partial charge in [0, 0.05) is 43.4 Å². The summed E-state index contributed by atoms with van der Waals surface area (Å²) in [5.41, 5.74) is 1.18. The van der Waals surface area contributed by atoms with Crippen molar-refractivity contribution in [3.63, 3.8) is 0 Å². The van der Waals surface area contributed by atoms with E-state index in [1.807, 2.05) is 18.0 Å². The summed E-state index contributed by atoms with van der Waals surface area (Å²) < 4.78 is 0. The van der Waals surface area contributed by atoms with Crippen LogP contribution in [-0.4, -0.2) is 35.6 Å². The highest BCUT2D eigenvalue weighted by Crippen LogP contribution is 2.27. The Labute approximate surface area is 117 Å². The van der Waals surface area contributed by atoms with Crippen molar-refractivity contribution in [2.24, 2.45) is 0 Å². The fourth-order valence-corrected chi connectivity index (χ4v) is 3.34. The van der Waals surface area contributed by atoms with Gasteiger partial charge in [0.2, 0.25) is 0 Å². The molecule has 0 bridgehead atoms. The van der Waals surface area contributed by atoms with Crippen LogP contribution in [0.15, 0.2) is 12.3 Å². The molecule has 1 N–H and O–H groups in total. The summed E-state index contributed by atoms with van der Waals surface area (Å²) >= 11 is 8.35. The van der Waals surface area contributed by atoms with Crippen molar-refractivity contribution in [1.82, 2.24) is 10.3 Å². The van der Waals surface area contributed by atoms with E-state index in [9.17, 15) is 0 Å².